The van der Waals surface area contributed by atoms with Crippen LogP contribution in [0.5, 0.6) is 0 Å². The lowest BCUT2D eigenvalue weighted by molar-refractivity contribution is -0.130. The van der Waals surface area contributed by atoms with Gasteiger partial charge in [0.2, 0.25) is 18.0 Å². The molecule has 2 N–H and O–H groups in total. The van der Waals surface area contributed by atoms with E-state index in [1.54, 1.807) is 43.6 Å². The Bertz CT molecular complexity index is 1330. The molecule has 0 radical (unpaired) electrons. The summed E-state index contributed by atoms with van der Waals surface area (Å²) in [7, 11) is 1.58. The molecule has 10 heteroatoms. The van der Waals surface area contributed by atoms with Gasteiger partial charge in [-0.1, -0.05) is 24.3 Å². The van der Waals surface area contributed by atoms with E-state index in [9.17, 15) is 23.2 Å². The number of aromatic nitrogens is 1. The maximum atomic E-state index is 13.4. The van der Waals surface area contributed by atoms with Crippen molar-refractivity contribution in [2.75, 3.05) is 11.9 Å². The van der Waals surface area contributed by atoms with Crippen molar-refractivity contribution in [1.82, 2.24) is 15.6 Å². The Morgan fingerprint density at radius 1 is 1.06 bits per heavy atom. The number of halogens is 2. The molecule has 184 valence electrons. The Hall–Kier alpha value is -4.47. The molecule has 36 heavy (non-hydrogen) atoms. The number of benzodiazepines with no additional fused rings is 1. The van der Waals surface area contributed by atoms with E-state index in [-0.39, 0.29) is 12.0 Å². The second-order valence-electron chi connectivity index (χ2n) is 8.26. The molecular weight excluding hydrogens is 468 g/mol. The summed E-state index contributed by atoms with van der Waals surface area (Å²) in [6.45, 7) is 1.43. The van der Waals surface area contributed by atoms with Crippen LogP contribution in [0.4, 0.5) is 14.5 Å². The highest BCUT2D eigenvalue weighted by Gasteiger charge is 2.32. The van der Waals surface area contributed by atoms with Crippen LogP contribution in [-0.4, -0.2) is 47.7 Å². The molecule has 4 rings (SSSR count). The van der Waals surface area contributed by atoms with Crippen molar-refractivity contribution >= 4 is 29.1 Å². The van der Waals surface area contributed by atoms with Crippen LogP contribution in [0, 0.1) is 11.6 Å². The smallest absolute Gasteiger partial charge is 0.272 e. The SMILES string of the molecule is C[C@H](NC(=O)Cc1cc(F)cc(F)c1)C(=O)NC1N=C(c2ccccn2)c2ccccc2N(C)C1=O. The van der Waals surface area contributed by atoms with Gasteiger partial charge in [0.15, 0.2) is 0 Å². The van der Waals surface area contributed by atoms with E-state index < -0.39 is 41.6 Å². The third-order valence-electron chi connectivity index (χ3n) is 5.59. The fraction of sp³-hybridized carbons (Fsp3) is 0.192. The quantitative estimate of drug-likeness (QED) is 0.553. The molecule has 3 aromatic rings. The summed E-state index contributed by atoms with van der Waals surface area (Å²) in [5, 5.41) is 5.06. The molecule has 0 aliphatic carbocycles. The third-order valence-corrected chi connectivity index (χ3v) is 5.59. The minimum Gasteiger partial charge on any atom is -0.344 e. The summed E-state index contributed by atoms with van der Waals surface area (Å²) in [6, 6.07) is 14.2. The number of likely N-dealkylation sites (N-methyl/N-ethyl adjacent to an activating group) is 1. The van der Waals surface area contributed by atoms with Crippen LogP contribution >= 0.6 is 0 Å². The van der Waals surface area contributed by atoms with Crippen molar-refractivity contribution in [1.29, 1.82) is 0 Å². The number of aliphatic imine (C=N–C) groups is 1. The molecule has 0 saturated heterocycles. The number of nitrogens with one attached hydrogen (secondary N) is 2. The standard InChI is InChI=1S/C26H23F2N5O3/c1-15(30-22(34)13-16-11-17(27)14-18(28)12-16)25(35)32-24-26(36)33(2)21-9-4-3-7-19(21)23(31-24)20-8-5-6-10-29-20/h3-12,14-15,24H,13H2,1-2H3,(H,30,34)(H,32,35)/t15-,24?/m0/s1. The Morgan fingerprint density at radius 3 is 2.44 bits per heavy atom. The number of hydrogen-bond donors (Lipinski definition) is 2. The first-order valence-corrected chi connectivity index (χ1v) is 11.1. The van der Waals surface area contributed by atoms with Gasteiger partial charge in [0, 0.05) is 24.9 Å². The van der Waals surface area contributed by atoms with Gasteiger partial charge in [0.05, 0.1) is 23.5 Å². The van der Waals surface area contributed by atoms with E-state index in [1.807, 2.05) is 12.1 Å². The largest absolute Gasteiger partial charge is 0.344 e. The number of anilines is 1. The Morgan fingerprint density at radius 2 is 1.75 bits per heavy atom. The number of pyridine rings is 1. The van der Waals surface area contributed by atoms with Crippen molar-refractivity contribution in [3.05, 3.63) is 95.3 Å². The molecule has 0 bridgehead atoms. The number of rotatable bonds is 6. The van der Waals surface area contributed by atoms with Crippen molar-refractivity contribution in [3.63, 3.8) is 0 Å². The summed E-state index contributed by atoms with van der Waals surface area (Å²) < 4.78 is 26.8. The molecule has 2 aromatic carbocycles. The predicted molar refractivity (Wildman–Crippen MR) is 129 cm³/mol. The van der Waals surface area contributed by atoms with E-state index in [4.69, 9.17) is 0 Å². The predicted octanol–water partition coefficient (Wildman–Crippen LogP) is 2.36. The molecule has 1 aliphatic heterocycles. The lowest BCUT2D eigenvalue weighted by atomic mass is 10.0. The van der Waals surface area contributed by atoms with E-state index >= 15 is 0 Å². The lowest BCUT2D eigenvalue weighted by Gasteiger charge is -2.22. The van der Waals surface area contributed by atoms with Crippen molar-refractivity contribution < 1.29 is 23.2 Å². The number of carbonyl (C=O) groups excluding carboxylic acids is 3. The molecular formula is C26H23F2N5O3. The molecule has 1 aromatic heterocycles. The maximum absolute atomic E-state index is 13.4. The minimum atomic E-state index is -1.27. The van der Waals surface area contributed by atoms with E-state index in [0.717, 1.165) is 12.1 Å². The average Bonchev–Trinajstić information content (AvgIpc) is 2.94. The van der Waals surface area contributed by atoms with Gasteiger partial charge in [-0.05, 0) is 42.8 Å². The van der Waals surface area contributed by atoms with Crippen molar-refractivity contribution in [2.24, 2.45) is 4.99 Å². The maximum Gasteiger partial charge on any atom is 0.272 e. The molecule has 0 saturated carbocycles. The summed E-state index contributed by atoms with van der Waals surface area (Å²) in [5.41, 5.74) is 2.36. The summed E-state index contributed by atoms with van der Waals surface area (Å²) in [4.78, 5) is 48.7. The van der Waals surface area contributed by atoms with Crippen LogP contribution in [0.25, 0.3) is 0 Å². The van der Waals surface area contributed by atoms with Crippen LogP contribution in [0.15, 0.2) is 71.9 Å². The molecule has 3 amide bonds. The number of carbonyl (C=O) groups is 3. The fourth-order valence-electron chi connectivity index (χ4n) is 3.84. The highest BCUT2D eigenvalue weighted by atomic mass is 19.1. The average molecular weight is 491 g/mol. The lowest BCUT2D eigenvalue weighted by Crippen LogP contribution is -2.52. The van der Waals surface area contributed by atoms with Crippen LogP contribution < -0.4 is 15.5 Å². The van der Waals surface area contributed by atoms with Crippen LogP contribution in [0.1, 0.15) is 23.7 Å². The number of fused-ring (bicyclic) bond motifs is 1. The van der Waals surface area contributed by atoms with Gasteiger partial charge in [-0.25, -0.2) is 13.8 Å². The first-order chi connectivity index (χ1) is 17.2. The van der Waals surface area contributed by atoms with Crippen LogP contribution in [-0.2, 0) is 20.8 Å². The molecule has 0 spiro atoms. The van der Waals surface area contributed by atoms with Gasteiger partial charge >= 0.3 is 0 Å². The summed E-state index contributed by atoms with van der Waals surface area (Å²) in [6.07, 6.45) is 0.00454. The highest BCUT2D eigenvalue weighted by Crippen LogP contribution is 2.26. The Balaban J connectivity index is 1.53. The minimum absolute atomic E-state index is 0.126. The topological polar surface area (TPSA) is 104 Å². The second-order valence-corrected chi connectivity index (χ2v) is 8.26. The Kier molecular flexibility index (Phi) is 7.14. The molecule has 1 unspecified atom stereocenters. The number of amides is 3. The number of nitrogens with zero attached hydrogens (tertiary/aromatic N) is 3. The zero-order valence-electron chi connectivity index (χ0n) is 19.5. The first-order valence-electron chi connectivity index (χ1n) is 11.1. The van der Waals surface area contributed by atoms with Crippen LogP contribution in [0.2, 0.25) is 0 Å². The Labute approximate surface area is 206 Å². The monoisotopic (exact) mass is 491 g/mol. The first kappa shape index (κ1) is 24.6. The molecule has 0 fully saturated rings. The normalized spacial score (nSPS) is 15.9. The zero-order valence-corrected chi connectivity index (χ0v) is 19.5. The molecule has 2 heterocycles. The van der Waals surface area contributed by atoms with E-state index in [0.29, 0.717) is 28.7 Å². The molecule has 2 atom stereocenters. The van der Waals surface area contributed by atoms with Gasteiger partial charge in [-0.3, -0.25) is 19.4 Å². The molecule has 8 nitrogen and oxygen atoms in total. The van der Waals surface area contributed by atoms with E-state index in [1.165, 1.54) is 11.8 Å². The van der Waals surface area contributed by atoms with Crippen LogP contribution in [0.3, 0.4) is 0 Å². The van der Waals surface area contributed by atoms with Gasteiger partial charge < -0.3 is 15.5 Å². The van der Waals surface area contributed by atoms with Gasteiger partial charge in [0.25, 0.3) is 5.91 Å². The van der Waals surface area contributed by atoms with Crippen molar-refractivity contribution in [3.8, 4) is 0 Å². The second kappa shape index (κ2) is 10.4. The van der Waals surface area contributed by atoms with E-state index in [2.05, 4.69) is 20.6 Å². The number of benzene rings is 2. The molecule has 1 aliphatic rings. The van der Waals surface area contributed by atoms with Crippen molar-refractivity contribution in [2.45, 2.75) is 25.6 Å². The van der Waals surface area contributed by atoms with Gasteiger partial charge in [-0.15, -0.1) is 0 Å². The van der Waals surface area contributed by atoms with Gasteiger partial charge in [0.1, 0.15) is 17.7 Å². The highest BCUT2D eigenvalue weighted by molar-refractivity contribution is 6.19. The van der Waals surface area contributed by atoms with Gasteiger partial charge in [-0.2, -0.15) is 0 Å². The zero-order chi connectivity index (χ0) is 25.8. The number of para-hydroxylation sites is 1. The number of hydrogen-bond acceptors (Lipinski definition) is 5. The fourth-order valence-corrected chi connectivity index (χ4v) is 3.84. The summed E-state index contributed by atoms with van der Waals surface area (Å²) in [5.74, 6) is -3.35. The summed E-state index contributed by atoms with van der Waals surface area (Å²) >= 11 is 0. The third kappa shape index (κ3) is 5.43.